The van der Waals surface area contributed by atoms with Gasteiger partial charge >= 0.3 is 0 Å². The highest BCUT2D eigenvalue weighted by atomic mass is 16.2. The summed E-state index contributed by atoms with van der Waals surface area (Å²) in [5.74, 6) is 0.285. The highest BCUT2D eigenvalue weighted by molar-refractivity contribution is 5.84. The first kappa shape index (κ1) is 13.9. The van der Waals surface area contributed by atoms with E-state index in [1.54, 1.807) is 10.9 Å². The van der Waals surface area contributed by atoms with Gasteiger partial charge in [0.2, 0.25) is 5.91 Å². The van der Waals surface area contributed by atoms with Gasteiger partial charge in [-0.2, -0.15) is 0 Å². The van der Waals surface area contributed by atoms with Crippen LogP contribution in [0.2, 0.25) is 0 Å². The van der Waals surface area contributed by atoms with Gasteiger partial charge in [-0.05, 0) is 32.6 Å². The molecule has 1 aromatic rings. The molecule has 1 saturated heterocycles. The molecule has 0 aromatic carbocycles. The normalized spacial score (nSPS) is 25.6. The number of carbonyl (C=O) groups excluding carboxylic acids is 1. The SMILES string of the molecule is CCn1cnc2c(c1=O)CCN(C1CCN(C3CC3)C1=O)C2. The van der Waals surface area contributed by atoms with Crippen molar-refractivity contribution in [3.8, 4) is 0 Å². The summed E-state index contributed by atoms with van der Waals surface area (Å²) in [6.07, 6.45) is 5.59. The van der Waals surface area contributed by atoms with Gasteiger partial charge in [0.15, 0.2) is 0 Å². The van der Waals surface area contributed by atoms with Crippen molar-refractivity contribution in [1.29, 1.82) is 0 Å². The van der Waals surface area contributed by atoms with Crippen LogP contribution in [0.3, 0.4) is 0 Å². The minimum atomic E-state index is -0.0100. The lowest BCUT2D eigenvalue weighted by molar-refractivity contribution is -0.132. The van der Waals surface area contributed by atoms with Crippen LogP contribution in [0.5, 0.6) is 0 Å². The summed E-state index contributed by atoms with van der Waals surface area (Å²) in [6, 6.07) is 0.494. The zero-order valence-electron chi connectivity index (χ0n) is 13.0. The molecule has 1 unspecified atom stereocenters. The second kappa shape index (κ2) is 5.19. The summed E-state index contributed by atoms with van der Waals surface area (Å²) in [4.78, 5) is 33.6. The van der Waals surface area contributed by atoms with E-state index in [1.165, 1.54) is 12.8 Å². The smallest absolute Gasteiger partial charge is 0.256 e. The Morgan fingerprint density at radius 2 is 2.05 bits per heavy atom. The van der Waals surface area contributed by atoms with Gasteiger partial charge in [0.05, 0.1) is 18.1 Å². The lowest BCUT2D eigenvalue weighted by Crippen LogP contribution is -2.46. The summed E-state index contributed by atoms with van der Waals surface area (Å²) in [5.41, 5.74) is 1.79. The van der Waals surface area contributed by atoms with Gasteiger partial charge in [-0.25, -0.2) is 4.98 Å². The van der Waals surface area contributed by atoms with E-state index in [0.717, 1.165) is 30.8 Å². The highest BCUT2D eigenvalue weighted by Gasteiger charge is 2.43. The standard InChI is InChI=1S/C16H22N4O2/c1-2-18-10-17-13-9-19(7-5-12(13)15(18)21)14-6-8-20(16(14)22)11-3-4-11/h10-11,14H,2-9H2,1H3. The van der Waals surface area contributed by atoms with E-state index in [1.807, 2.05) is 6.92 Å². The molecule has 0 radical (unpaired) electrons. The number of aryl methyl sites for hydroxylation is 1. The molecule has 0 spiro atoms. The van der Waals surface area contributed by atoms with Gasteiger partial charge in [-0.15, -0.1) is 0 Å². The fourth-order valence-electron chi connectivity index (χ4n) is 3.75. The van der Waals surface area contributed by atoms with Crippen LogP contribution in [0.1, 0.15) is 37.4 Å². The number of amides is 1. The summed E-state index contributed by atoms with van der Waals surface area (Å²) >= 11 is 0. The molecule has 3 heterocycles. The van der Waals surface area contributed by atoms with Crippen molar-refractivity contribution < 1.29 is 4.79 Å². The average molecular weight is 302 g/mol. The monoisotopic (exact) mass is 302 g/mol. The first-order valence-corrected chi connectivity index (χ1v) is 8.30. The van der Waals surface area contributed by atoms with Crippen molar-refractivity contribution >= 4 is 5.91 Å². The maximum absolute atomic E-state index is 12.6. The fraction of sp³-hybridized carbons (Fsp3) is 0.688. The Bertz CT molecular complexity index is 665. The van der Waals surface area contributed by atoms with Crippen LogP contribution in [0.25, 0.3) is 0 Å². The van der Waals surface area contributed by atoms with Crippen LogP contribution in [0.15, 0.2) is 11.1 Å². The molecule has 6 heteroatoms. The fourth-order valence-corrected chi connectivity index (χ4v) is 3.75. The predicted molar refractivity (Wildman–Crippen MR) is 81.4 cm³/mol. The molecule has 1 atom stereocenters. The van der Waals surface area contributed by atoms with Crippen LogP contribution in [0, 0.1) is 0 Å². The molecule has 2 aliphatic heterocycles. The van der Waals surface area contributed by atoms with Crippen LogP contribution >= 0.6 is 0 Å². The molecule has 1 amide bonds. The Morgan fingerprint density at radius 3 is 2.77 bits per heavy atom. The molecule has 2 fully saturated rings. The quantitative estimate of drug-likeness (QED) is 0.810. The van der Waals surface area contributed by atoms with E-state index in [0.29, 0.717) is 25.6 Å². The maximum Gasteiger partial charge on any atom is 0.256 e. The molecular formula is C16H22N4O2. The van der Waals surface area contributed by atoms with Crippen LogP contribution in [-0.2, 0) is 24.3 Å². The number of aromatic nitrogens is 2. The summed E-state index contributed by atoms with van der Waals surface area (Å²) in [5, 5.41) is 0. The summed E-state index contributed by atoms with van der Waals surface area (Å²) in [6.45, 7) is 4.91. The first-order chi connectivity index (χ1) is 10.7. The number of hydrogen-bond acceptors (Lipinski definition) is 4. The third kappa shape index (κ3) is 2.17. The molecule has 22 heavy (non-hydrogen) atoms. The molecule has 4 rings (SSSR count). The summed E-state index contributed by atoms with van der Waals surface area (Å²) in [7, 11) is 0. The van der Waals surface area contributed by atoms with Crippen molar-refractivity contribution in [3.05, 3.63) is 27.9 Å². The Balaban J connectivity index is 1.54. The molecule has 1 aromatic heterocycles. The molecule has 0 N–H and O–H groups in total. The molecule has 3 aliphatic rings. The Hall–Kier alpha value is -1.69. The van der Waals surface area contributed by atoms with E-state index in [9.17, 15) is 9.59 Å². The molecule has 0 bridgehead atoms. The lowest BCUT2D eigenvalue weighted by Gasteiger charge is -2.31. The number of hydrogen-bond donors (Lipinski definition) is 0. The van der Waals surface area contributed by atoms with Gasteiger partial charge in [0, 0.05) is 37.8 Å². The molecule has 118 valence electrons. The zero-order chi connectivity index (χ0) is 15.3. The highest BCUT2D eigenvalue weighted by Crippen LogP contribution is 2.32. The first-order valence-electron chi connectivity index (χ1n) is 8.30. The number of rotatable bonds is 3. The van der Waals surface area contributed by atoms with Gasteiger partial charge in [0.25, 0.3) is 5.56 Å². The third-order valence-electron chi connectivity index (χ3n) is 5.20. The predicted octanol–water partition coefficient (Wildman–Crippen LogP) is 0.385. The second-order valence-electron chi connectivity index (χ2n) is 6.55. The molecular weight excluding hydrogens is 280 g/mol. The topological polar surface area (TPSA) is 58.4 Å². The largest absolute Gasteiger partial charge is 0.338 e. The van der Waals surface area contributed by atoms with E-state index in [2.05, 4.69) is 14.8 Å². The van der Waals surface area contributed by atoms with E-state index >= 15 is 0 Å². The van der Waals surface area contributed by atoms with Crippen molar-refractivity contribution in [1.82, 2.24) is 19.4 Å². The van der Waals surface area contributed by atoms with Gasteiger partial charge in [-0.3, -0.25) is 19.1 Å². The Labute approximate surface area is 129 Å². The second-order valence-corrected chi connectivity index (χ2v) is 6.55. The number of nitrogens with zero attached hydrogens (tertiary/aromatic N) is 4. The van der Waals surface area contributed by atoms with Crippen LogP contribution < -0.4 is 5.56 Å². The van der Waals surface area contributed by atoms with E-state index < -0.39 is 0 Å². The zero-order valence-corrected chi connectivity index (χ0v) is 13.0. The van der Waals surface area contributed by atoms with E-state index in [-0.39, 0.29) is 17.5 Å². The van der Waals surface area contributed by atoms with Gasteiger partial charge in [-0.1, -0.05) is 0 Å². The molecule has 6 nitrogen and oxygen atoms in total. The molecule has 1 aliphatic carbocycles. The van der Waals surface area contributed by atoms with Gasteiger partial charge < -0.3 is 4.90 Å². The minimum absolute atomic E-state index is 0.0100. The Morgan fingerprint density at radius 1 is 1.23 bits per heavy atom. The Kier molecular flexibility index (Phi) is 3.29. The van der Waals surface area contributed by atoms with Crippen molar-refractivity contribution in [3.63, 3.8) is 0 Å². The number of fused-ring (bicyclic) bond motifs is 1. The summed E-state index contributed by atoms with van der Waals surface area (Å²) < 4.78 is 1.66. The van der Waals surface area contributed by atoms with Gasteiger partial charge in [0.1, 0.15) is 0 Å². The van der Waals surface area contributed by atoms with Crippen LogP contribution in [0.4, 0.5) is 0 Å². The van der Waals surface area contributed by atoms with Crippen molar-refractivity contribution in [2.45, 2.75) is 57.8 Å². The maximum atomic E-state index is 12.6. The van der Waals surface area contributed by atoms with Crippen LogP contribution in [-0.4, -0.2) is 50.4 Å². The lowest BCUT2D eigenvalue weighted by atomic mass is 10.0. The van der Waals surface area contributed by atoms with E-state index in [4.69, 9.17) is 0 Å². The third-order valence-corrected chi connectivity index (χ3v) is 5.20. The van der Waals surface area contributed by atoms with Crippen molar-refractivity contribution in [2.24, 2.45) is 0 Å². The molecule has 1 saturated carbocycles. The minimum Gasteiger partial charge on any atom is -0.338 e. The number of likely N-dealkylation sites (tertiary alicyclic amines) is 1. The average Bonchev–Trinajstić information content (AvgIpc) is 3.30. The number of carbonyl (C=O) groups is 1. The van der Waals surface area contributed by atoms with Crippen molar-refractivity contribution in [2.75, 3.05) is 13.1 Å².